The van der Waals surface area contributed by atoms with E-state index < -0.39 is 0 Å². The van der Waals surface area contributed by atoms with E-state index in [4.69, 9.17) is 11.5 Å². The number of hydrogen-bond donors (Lipinski definition) is 2. The summed E-state index contributed by atoms with van der Waals surface area (Å²) in [6, 6.07) is 12.9. The van der Waals surface area contributed by atoms with E-state index in [0.717, 1.165) is 30.6 Å². The van der Waals surface area contributed by atoms with Crippen molar-refractivity contribution < 1.29 is 0 Å². The Kier molecular flexibility index (Phi) is 4.89. The molecule has 0 spiro atoms. The van der Waals surface area contributed by atoms with E-state index in [1.165, 1.54) is 22.3 Å². The lowest BCUT2D eigenvalue weighted by molar-refractivity contribution is 0.774. The van der Waals surface area contributed by atoms with E-state index in [-0.39, 0.29) is 0 Å². The van der Waals surface area contributed by atoms with Crippen molar-refractivity contribution in [3.05, 3.63) is 58.7 Å². The van der Waals surface area contributed by atoms with Gasteiger partial charge in [0, 0.05) is 17.3 Å². The molecule has 0 aliphatic heterocycles. The van der Waals surface area contributed by atoms with Crippen molar-refractivity contribution in [1.82, 2.24) is 0 Å². The van der Waals surface area contributed by atoms with Crippen LogP contribution in [0, 0.1) is 0 Å². The predicted octanol–water partition coefficient (Wildman–Crippen LogP) is 4.52. The molecular formula is C19H26N2. The van der Waals surface area contributed by atoms with Crippen LogP contribution in [0.4, 0.5) is 11.4 Å². The number of nitrogen functional groups attached to an aromatic ring is 2. The average molecular weight is 282 g/mol. The second-order valence-electron chi connectivity index (χ2n) is 5.58. The first-order valence-corrected chi connectivity index (χ1v) is 7.87. The first kappa shape index (κ1) is 15.4. The minimum Gasteiger partial charge on any atom is -0.399 e. The van der Waals surface area contributed by atoms with E-state index >= 15 is 0 Å². The fraction of sp³-hybridized carbons (Fsp3) is 0.368. The predicted molar refractivity (Wildman–Crippen MR) is 92.6 cm³/mol. The summed E-state index contributed by atoms with van der Waals surface area (Å²) >= 11 is 0. The highest BCUT2D eigenvalue weighted by atomic mass is 14.6. The number of anilines is 2. The Labute approximate surface area is 128 Å². The van der Waals surface area contributed by atoms with Gasteiger partial charge in [0.1, 0.15) is 0 Å². The highest BCUT2D eigenvalue weighted by Gasteiger charge is 2.14. The Morgan fingerprint density at radius 1 is 0.762 bits per heavy atom. The van der Waals surface area contributed by atoms with Gasteiger partial charge in [0.2, 0.25) is 0 Å². The monoisotopic (exact) mass is 282 g/mol. The third-order valence-electron chi connectivity index (χ3n) is 4.31. The normalized spacial score (nSPS) is 11.0. The SMILES string of the molecule is CCc1cc(C(CC)c2ccc(N)c(CC)c2)ccc1N. The molecule has 0 heterocycles. The molecule has 2 aromatic carbocycles. The number of nitrogens with two attached hydrogens (primary N) is 2. The van der Waals surface area contributed by atoms with Crippen LogP contribution in [0.15, 0.2) is 36.4 Å². The van der Waals surface area contributed by atoms with Gasteiger partial charge in [-0.3, -0.25) is 0 Å². The van der Waals surface area contributed by atoms with Gasteiger partial charge in [0.15, 0.2) is 0 Å². The zero-order chi connectivity index (χ0) is 15.4. The van der Waals surface area contributed by atoms with Crippen LogP contribution >= 0.6 is 0 Å². The van der Waals surface area contributed by atoms with Gasteiger partial charge >= 0.3 is 0 Å². The maximum Gasteiger partial charge on any atom is 0.0346 e. The van der Waals surface area contributed by atoms with Gasteiger partial charge in [-0.25, -0.2) is 0 Å². The summed E-state index contributed by atoms with van der Waals surface area (Å²) in [6.07, 6.45) is 3.01. The second-order valence-corrected chi connectivity index (χ2v) is 5.58. The molecule has 0 aliphatic carbocycles. The van der Waals surface area contributed by atoms with Crippen LogP contribution < -0.4 is 11.5 Å². The number of rotatable bonds is 5. The van der Waals surface area contributed by atoms with Crippen LogP contribution in [-0.4, -0.2) is 0 Å². The number of benzene rings is 2. The molecule has 4 N–H and O–H groups in total. The Morgan fingerprint density at radius 3 is 1.52 bits per heavy atom. The quantitative estimate of drug-likeness (QED) is 0.792. The summed E-state index contributed by atoms with van der Waals surface area (Å²) in [7, 11) is 0. The van der Waals surface area contributed by atoms with Crippen molar-refractivity contribution in [2.75, 3.05) is 11.5 Å². The molecule has 0 saturated heterocycles. The van der Waals surface area contributed by atoms with E-state index in [2.05, 4.69) is 45.0 Å². The van der Waals surface area contributed by atoms with Crippen molar-refractivity contribution in [1.29, 1.82) is 0 Å². The smallest absolute Gasteiger partial charge is 0.0346 e. The topological polar surface area (TPSA) is 52.0 Å². The molecule has 0 atom stereocenters. The number of aryl methyl sites for hydroxylation is 2. The van der Waals surface area contributed by atoms with Crippen LogP contribution in [0.1, 0.15) is 55.4 Å². The average Bonchev–Trinajstić information content (AvgIpc) is 2.51. The summed E-state index contributed by atoms with van der Waals surface area (Å²) in [5.41, 5.74) is 19.0. The van der Waals surface area contributed by atoms with E-state index in [0.29, 0.717) is 5.92 Å². The van der Waals surface area contributed by atoms with Crippen molar-refractivity contribution in [2.45, 2.75) is 46.0 Å². The Hall–Kier alpha value is -1.96. The molecule has 0 aliphatic rings. The van der Waals surface area contributed by atoms with E-state index in [1.807, 2.05) is 12.1 Å². The summed E-state index contributed by atoms with van der Waals surface area (Å²) in [5, 5.41) is 0. The van der Waals surface area contributed by atoms with Gasteiger partial charge in [-0.1, -0.05) is 45.0 Å². The molecular weight excluding hydrogens is 256 g/mol. The molecule has 0 aromatic heterocycles. The largest absolute Gasteiger partial charge is 0.399 e. The van der Waals surface area contributed by atoms with Crippen LogP contribution in [0.5, 0.6) is 0 Å². The first-order chi connectivity index (χ1) is 10.1. The van der Waals surface area contributed by atoms with Gasteiger partial charge in [-0.15, -0.1) is 0 Å². The molecule has 2 rings (SSSR count). The maximum atomic E-state index is 6.03. The van der Waals surface area contributed by atoms with Crippen molar-refractivity contribution >= 4 is 11.4 Å². The van der Waals surface area contributed by atoms with Crippen LogP contribution in [0.3, 0.4) is 0 Å². The van der Waals surface area contributed by atoms with Gasteiger partial charge in [0.25, 0.3) is 0 Å². The van der Waals surface area contributed by atoms with Crippen molar-refractivity contribution in [3.63, 3.8) is 0 Å². The van der Waals surface area contributed by atoms with Crippen LogP contribution in [0.2, 0.25) is 0 Å². The first-order valence-electron chi connectivity index (χ1n) is 7.87. The third kappa shape index (κ3) is 3.21. The zero-order valence-corrected chi connectivity index (χ0v) is 13.3. The highest BCUT2D eigenvalue weighted by molar-refractivity contribution is 5.53. The minimum absolute atomic E-state index is 0.404. The molecule has 2 aromatic rings. The highest BCUT2D eigenvalue weighted by Crippen LogP contribution is 2.31. The standard InChI is InChI=1S/C19H26N2/c1-4-13-11-15(7-9-18(13)20)17(6-3)16-8-10-19(21)14(5-2)12-16/h7-12,17H,4-6,20-21H2,1-3H3. The Balaban J connectivity index is 2.44. The molecule has 0 fully saturated rings. The van der Waals surface area contributed by atoms with Gasteiger partial charge in [0.05, 0.1) is 0 Å². The summed E-state index contributed by atoms with van der Waals surface area (Å²) in [6.45, 7) is 6.53. The molecule has 0 radical (unpaired) electrons. The fourth-order valence-corrected chi connectivity index (χ4v) is 2.96. The molecule has 0 amide bonds. The second kappa shape index (κ2) is 6.66. The molecule has 0 bridgehead atoms. The Morgan fingerprint density at radius 2 is 1.19 bits per heavy atom. The van der Waals surface area contributed by atoms with E-state index in [9.17, 15) is 0 Å². The lowest BCUT2D eigenvalue weighted by Gasteiger charge is -2.19. The van der Waals surface area contributed by atoms with Gasteiger partial charge in [-0.2, -0.15) is 0 Å². The molecule has 0 saturated carbocycles. The van der Waals surface area contributed by atoms with Crippen LogP contribution in [0.25, 0.3) is 0 Å². The molecule has 2 nitrogen and oxygen atoms in total. The lowest BCUT2D eigenvalue weighted by Crippen LogP contribution is -2.04. The third-order valence-corrected chi connectivity index (χ3v) is 4.31. The molecule has 2 heteroatoms. The Bertz CT molecular complexity index is 563. The van der Waals surface area contributed by atoms with Crippen molar-refractivity contribution in [3.8, 4) is 0 Å². The molecule has 0 unspecified atom stereocenters. The zero-order valence-electron chi connectivity index (χ0n) is 13.3. The van der Waals surface area contributed by atoms with Crippen LogP contribution in [-0.2, 0) is 12.8 Å². The molecule has 112 valence electrons. The fourth-order valence-electron chi connectivity index (χ4n) is 2.96. The molecule has 21 heavy (non-hydrogen) atoms. The summed E-state index contributed by atoms with van der Waals surface area (Å²) < 4.78 is 0. The minimum atomic E-state index is 0.404. The lowest BCUT2D eigenvalue weighted by atomic mass is 9.86. The van der Waals surface area contributed by atoms with Gasteiger partial charge < -0.3 is 11.5 Å². The van der Waals surface area contributed by atoms with Gasteiger partial charge in [-0.05, 0) is 53.6 Å². The maximum absolute atomic E-state index is 6.03. The van der Waals surface area contributed by atoms with Crippen molar-refractivity contribution in [2.24, 2.45) is 0 Å². The summed E-state index contributed by atoms with van der Waals surface area (Å²) in [4.78, 5) is 0. The van der Waals surface area contributed by atoms with E-state index in [1.54, 1.807) is 0 Å². The number of hydrogen-bond acceptors (Lipinski definition) is 2. The summed E-state index contributed by atoms with van der Waals surface area (Å²) in [5.74, 6) is 0.404.